The van der Waals surface area contributed by atoms with Gasteiger partial charge in [0.05, 0.1) is 22.4 Å². The van der Waals surface area contributed by atoms with Crippen LogP contribution in [0.4, 0.5) is 5.69 Å². The zero-order valence-corrected chi connectivity index (χ0v) is 10.1. The maximum absolute atomic E-state index is 11.8. The molecule has 1 aromatic rings. The molecule has 1 aliphatic rings. The maximum atomic E-state index is 11.8. The van der Waals surface area contributed by atoms with Crippen molar-refractivity contribution in [1.29, 1.82) is 0 Å². The fourth-order valence-electron chi connectivity index (χ4n) is 1.68. The third-order valence-corrected chi connectivity index (χ3v) is 4.61. The third kappa shape index (κ3) is 1.70. The number of carbonyl (C=O) groups is 1. The average molecular weight is 260 g/mol. The van der Waals surface area contributed by atoms with E-state index < -0.39 is 21.8 Å². The number of para-hydroxylation sites is 1. The third-order valence-electron chi connectivity index (χ3n) is 2.43. The van der Waals surface area contributed by atoms with Crippen molar-refractivity contribution in [3.8, 4) is 0 Å². The van der Waals surface area contributed by atoms with E-state index >= 15 is 0 Å². The topological polar surface area (TPSA) is 54.5 Å². The number of benzene rings is 1. The van der Waals surface area contributed by atoms with Crippen molar-refractivity contribution in [2.75, 3.05) is 10.1 Å². The molecule has 0 spiro atoms. The van der Waals surface area contributed by atoms with Gasteiger partial charge in [-0.15, -0.1) is 0 Å². The number of hydrogen-bond acceptors (Lipinski definition) is 3. The molecule has 1 atom stereocenters. The maximum Gasteiger partial charge on any atom is 0.244 e. The molecule has 86 valence electrons. The van der Waals surface area contributed by atoms with E-state index in [0.717, 1.165) is 4.31 Å². The predicted molar refractivity (Wildman–Crippen MR) is 61.9 cm³/mol. The monoisotopic (exact) mass is 259 g/mol. The summed E-state index contributed by atoms with van der Waals surface area (Å²) in [6, 6.07) is 6.41. The van der Waals surface area contributed by atoms with Gasteiger partial charge in [-0.2, -0.15) is 0 Å². The van der Waals surface area contributed by atoms with Gasteiger partial charge in [-0.3, -0.25) is 4.79 Å². The van der Waals surface area contributed by atoms with Crippen LogP contribution in [0.3, 0.4) is 0 Å². The Morgan fingerprint density at radius 3 is 2.50 bits per heavy atom. The Kier molecular flexibility index (Phi) is 2.67. The molecule has 0 N–H and O–H groups in total. The molecule has 0 aliphatic carbocycles. The van der Waals surface area contributed by atoms with Gasteiger partial charge in [-0.1, -0.05) is 30.7 Å². The van der Waals surface area contributed by atoms with Crippen LogP contribution in [0.1, 0.15) is 6.92 Å². The van der Waals surface area contributed by atoms with Crippen LogP contribution >= 0.6 is 11.6 Å². The second-order valence-electron chi connectivity index (χ2n) is 3.73. The Hall–Kier alpha value is -1.07. The first-order valence-electron chi connectivity index (χ1n) is 4.75. The molecule has 1 aromatic carbocycles. The van der Waals surface area contributed by atoms with Gasteiger partial charge in [0.15, 0.2) is 0 Å². The van der Waals surface area contributed by atoms with Crippen LogP contribution in [0.25, 0.3) is 0 Å². The summed E-state index contributed by atoms with van der Waals surface area (Å²) in [5.74, 6) is -1.09. The normalized spacial score (nSPS) is 23.8. The lowest BCUT2D eigenvalue weighted by molar-refractivity contribution is -0.119. The number of carbonyl (C=O) groups excluding carboxylic acids is 1. The highest BCUT2D eigenvalue weighted by atomic mass is 35.5. The number of anilines is 1. The molecule has 6 heteroatoms. The fourth-order valence-corrected chi connectivity index (χ4v) is 3.79. The molecule has 0 aromatic heterocycles. The summed E-state index contributed by atoms with van der Waals surface area (Å²) in [5, 5.41) is 0.258. The Bertz CT molecular complexity index is 541. The summed E-state index contributed by atoms with van der Waals surface area (Å²) in [5.41, 5.74) is 0.235. The van der Waals surface area contributed by atoms with E-state index in [4.69, 9.17) is 11.6 Å². The van der Waals surface area contributed by atoms with Crippen LogP contribution in [-0.2, 0) is 14.8 Å². The lowest BCUT2D eigenvalue weighted by Crippen LogP contribution is -2.30. The van der Waals surface area contributed by atoms with E-state index in [1.54, 1.807) is 25.1 Å². The second-order valence-corrected chi connectivity index (χ2v) is 6.00. The molecule has 2 rings (SSSR count). The van der Waals surface area contributed by atoms with Crippen molar-refractivity contribution in [1.82, 2.24) is 0 Å². The van der Waals surface area contributed by atoms with Gasteiger partial charge in [0.1, 0.15) is 0 Å². The molecule has 0 radical (unpaired) electrons. The standard InChI is InChI=1S/C10H10ClNO3S/c1-7-6-16(14,15)12(10(7)13)9-5-3-2-4-8(9)11/h2-5,7H,6H2,1H3. The number of sulfonamides is 1. The zero-order chi connectivity index (χ0) is 11.9. The number of amides is 1. The molecule has 0 bridgehead atoms. The quantitative estimate of drug-likeness (QED) is 0.771. The smallest absolute Gasteiger partial charge is 0.244 e. The molecule has 1 unspecified atom stereocenters. The van der Waals surface area contributed by atoms with Crippen molar-refractivity contribution in [2.45, 2.75) is 6.92 Å². The minimum Gasteiger partial charge on any atom is -0.273 e. The van der Waals surface area contributed by atoms with Gasteiger partial charge in [-0.25, -0.2) is 12.7 Å². The van der Waals surface area contributed by atoms with Crippen LogP contribution in [0.5, 0.6) is 0 Å². The molecule has 16 heavy (non-hydrogen) atoms. The van der Waals surface area contributed by atoms with Crippen molar-refractivity contribution in [3.05, 3.63) is 29.3 Å². The van der Waals surface area contributed by atoms with Crippen molar-refractivity contribution in [2.24, 2.45) is 5.92 Å². The summed E-state index contributed by atoms with van der Waals surface area (Å²) in [4.78, 5) is 11.8. The Morgan fingerprint density at radius 2 is 2.00 bits per heavy atom. The number of nitrogens with zero attached hydrogens (tertiary/aromatic N) is 1. The van der Waals surface area contributed by atoms with E-state index in [0.29, 0.717) is 0 Å². The SMILES string of the molecule is CC1CS(=O)(=O)N(c2ccccc2Cl)C1=O. The first kappa shape index (κ1) is 11.4. The first-order chi connectivity index (χ1) is 7.43. The highest BCUT2D eigenvalue weighted by Crippen LogP contribution is 2.33. The predicted octanol–water partition coefficient (Wildman–Crippen LogP) is 1.65. The number of rotatable bonds is 1. The molecule has 0 saturated carbocycles. The van der Waals surface area contributed by atoms with Gasteiger partial charge in [-0.05, 0) is 12.1 Å². The highest BCUT2D eigenvalue weighted by Gasteiger charge is 2.42. The summed E-state index contributed by atoms with van der Waals surface area (Å²) in [7, 11) is -3.56. The molecular formula is C10H10ClNO3S. The Morgan fingerprint density at radius 1 is 1.38 bits per heavy atom. The van der Waals surface area contributed by atoms with E-state index in [2.05, 4.69) is 0 Å². The minimum absolute atomic E-state index is 0.156. The summed E-state index contributed by atoms with van der Waals surface area (Å²) in [6.45, 7) is 1.59. The van der Waals surface area contributed by atoms with Crippen molar-refractivity contribution < 1.29 is 13.2 Å². The van der Waals surface area contributed by atoms with Gasteiger partial charge in [0, 0.05) is 0 Å². The molecule has 1 aliphatic heterocycles. The number of hydrogen-bond donors (Lipinski definition) is 0. The van der Waals surface area contributed by atoms with E-state index in [-0.39, 0.29) is 16.5 Å². The van der Waals surface area contributed by atoms with Gasteiger partial charge in [0.2, 0.25) is 15.9 Å². The molecular weight excluding hydrogens is 250 g/mol. The second kappa shape index (κ2) is 3.75. The van der Waals surface area contributed by atoms with E-state index in [1.165, 1.54) is 6.07 Å². The lowest BCUT2D eigenvalue weighted by atomic mass is 10.2. The lowest BCUT2D eigenvalue weighted by Gasteiger charge is -2.16. The van der Waals surface area contributed by atoms with Crippen molar-refractivity contribution >= 4 is 33.2 Å². The molecule has 4 nitrogen and oxygen atoms in total. The average Bonchev–Trinajstić information content (AvgIpc) is 2.38. The summed E-state index contributed by atoms with van der Waals surface area (Å²) in [6.07, 6.45) is 0. The molecule has 1 saturated heterocycles. The summed E-state index contributed by atoms with van der Waals surface area (Å²) >= 11 is 5.89. The molecule has 1 fully saturated rings. The van der Waals surface area contributed by atoms with Crippen LogP contribution in [0, 0.1) is 5.92 Å². The molecule has 1 amide bonds. The summed E-state index contributed by atoms with van der Waals surface area (Å²) < 4.78 is 24.4. The highest BCUT2D eigenvalue weighted by molar-refractivity contribution is 7.94. The molecule has 1 heterocycles. The van der Waals surface area contributed by atoms with E-state index in [1.807, 2.05) is 0 Å². The largest absolute Gasteiger partial charge is 0.273 e. The Balaban J connectivity index is 2.57. The van der Waals surface area contributed by atoms with Crippen LogP contribution in [-0.4, -0.2) is 20.1 Å². The van der Waals surface area contributed by atoms with Gasteiger partial charge in [0.25, 0.3) is 0 Å². The van der Waals surface area contributed by atoms with Crippen LogP contribution in [0.15, 0.2) is 24.3 Å². The van der Waals surface area contributed by atoms with Crippen LogP contribution < -0.4 is 4.31 Å². The zero-order valence-electron chi connectivity index (χ0n) is 8.55. The van der Waals surface area contributed by atoms with E-state index in [9.17, 15) is 13.2 Å². The first-order valence-corrected chi connectivity index (χ1v) is 6.73. The van der Waals surface area contributed by atoms with Crippen LogP contribution in [0.2, 0.25) is 5.02 Å². The van der Waals surface area contributed by atoms with Gasteiger partial charge >= 0.3 is 0 Å². The number of halogens is 1. The Labute approximate surface area is 98.9 Å². The van der Waals surface area contributed by atoms with Crippen molar-refractivity contribution in [3.63, 3.8) is 0 Å². The van der Waals surface area contributed by atoms with Gasteiger partial charge < -0.3 is 0 Å². The minimum atomic E-state index is -3.56. The fraction of sp³-hybridized carbons (Fsp3) is 0.300.